The van der Waals surface area contributed by atoms with Crippen LogP contribution < -0.4 is 5.32 Å². The molecule has 5 nitrogen and oxygen atoms in total. The zero-order valence-corrected chi connectivity index (χ0v) is 17.8. The molecule has 0 radical (unpaired) electrons. The second-order valence-electron chi connectivity index (χ2n) is 6.43. The Balaban J connectivity index is 1.83. The van der Waals surface area contributed by atoms with Gasteiger partial charge in [-0.1, -0.05) is 82.8 Å². The fourth-order valence-corrected chi connectivity index (χ4v) is 4.62. The first-order chi connectivity index (χ1) is 13.6. The summed E-state index contributed by atoms with van der Waals surface area (Å²) >= 11 is 2.89. The molecule has 2 aromatic carbocycles. The van der Waals surface area contributed by atoms with Gasteiger partial charge in [0.05, 0.1) is 11.9 Å². The molecule has 0 fully saturated rings. The lowest BCUT2D eigenvalue weighted by molar-refractivity contribution is 0.0989. The van der Waals surface area contributed by atoms with Crippen LogP contribution >= 0.6 is 23.1 Å². The largest absolute Gasteiger partial charge is 0.383 e. The van der Waals surface area contributed by atoms with Crippen molar-refractivity contribution in [1.29, 1.82) is 0 Å². The minimum Gasteiger partial charge on any atom is -0.383 e. The third-order valence-electron chi connectivity index (χ3n) is 4.16. The number of aryl methyl sites for hydroxylation is 2. The quantitative estimate of drug-likeness (QED) is 0.305. The fraction of sp³-hybridized carbons (Fsp3) is 0.286. The summed E-state index contributed by atoms with van der Waals surface area (Å²) in [6.45, 7) is 5.32. The summed E-state index contributed by atoms with van der Waals surface area (Å²) in [6, 6.07) is 15.8. The van der Waals surface area contributed by atoms with E-state index in [4.69, 9.17) is 4.74 Å². The van der Waals surface area contributed by atoms with Gasteiger partial charge in [-0.2, -0.15) is 0 Å². The fourth-order valence-electron chi connectivity index (χ4n) is 2.57. The van der Waals surface area contributed by atoms with Crippen molar-refractivity contribution in [3.05, 3.63) is 70.8 Å². The van der Waals surface area contributed by atoms with Crippen molar-refractivity contribution in [3.63, 3.8) is 0 Å². The Labute approximate surface area is 173 Å². The monoisotopic (exact) mass is 413 g/mol. The highest BCUT2D eigenvalue weighted by molar-refractivity contribution is 8.02. The number of methoxy groups -OCH3 is 1. The van der Waals surface area contributed by atoms with Gasteiger partial charge in [0.15, 0.2) is 10.1 Å². The normalized spacial score (nSPS) is 12.0. The number of hydrogen-bond acceptors (Lipinski definition) is 7. The average Bonchev–Trinajstić information content (AvgIpc) is 3.15. The van der Waals surface area contributed by atoms with Crippen LogP contribution in [0.3, 0.4) is 0 Å². The number of benzene rings is 2. The molecule has 0 saturated carbocycles. The Morgan fingerprint density at radius 1 is 1.07 bits per heavy atom. The molecule has 7 heteroatoms. The molecule has 0 aliphatic rings. The molecule has 0 saturated heterocycles. The second kappa shape index (κ2) is 9.82. The summed E-state index contributed by atoms with van der Waals surface area (Å²) in [5.41, 5.74) is 3.96. The molecule has 0 spiro atoms. The number of rotatable bonds is 9. The molecule has 1 heterocycles. The van der Waals surface area contributed by atoms with E-state index in [1.807, 2.05) is 62.4 Å². The van der Waals surface area contributed by atoms with Gasteiger partial charge in [0.25, 0.3) is 0 Å². The first kappa shape index (κ1) is 20.5. The second-order valence-corrected chi connectivity index (χ2v) is 8.76. The summed E-state index contributed by atoms with van der Waals surface area (Å²) in [5, 5.41) is 11.9. The summed E-state index contributed by atoms with van der Waals surface area (Å²) in [7, 11) is 1.66. The molecule has 146 valence electrons. The van der Waals surface area contributed by atoms with Crippen molar-refractivity contribution in [1.82, 2.24) is 10.2 Å². The average molecular weight is 414 g/mol. The maximum absolute atomic E-state index is 13.3. The standard InChI is InChI=1S/C21H23N3O2S2/c1-14-4-8-16(9-5-14)18(25)19(17-10-6-15(2)7-11-17)27-21-24-23-20(28-21)22-12-13-26-3/h4-11,19H,12-13H2,1-3H3,(H,22,23). The van der Waals surface area contributed by atoms with Crippen LogP contribution in [0.25, 0.3) is 0 Å². The van der Waals surface area contributed by atoms with Crippen LogP contribution in [-0.4, -0.2) is 36.2 Å². The molecule has 1 unspecified atom stereocenters. The zero-order chi connectivity index (χ0) is 19.9. The van der Waals surface area contributed by atoms with Crippen molar-refractivity contribution in [2.75, 3.05) is 25.6 Å². The third-order valence-corrected chi connectivity index (χ3v) is 6.38. The van der Waals surface area contributed by atoms with Gasteiger partial charge in [0.2, 0.25) is 5.13 Å². The number of nitrogens with zero attached hydrogens (tertiary/aromatic N) is 2. The Morgan fingerprint density at radius 2 is 1.71 bits per heavy atom. The number of hydrogen-bond donors (Lipinski definition) is 1. The van der Waals surface area contributed by atoms with Crippen LogP contribution in [0.4, 0.5) is 5.13 Å². The molecule has 3 aromatic rings. The molecular weight excluding hydrogens is 390 g/mol. The van der Waals surface area contributed by atoms with E-state index in [0.717, 1.165) is 26.2 Å². The topological polar surface area (TPSA) is 64.1 Å². The third kappa shape index (κ3) is 5.41. The Kier molecular flexibility index (Phi) is 7.19. The molecule has 1 N–H and O–H groups in total. The summed E-state index contributed by atoms with van der Waals surface area (Å²) in [4.78, 5) is 13.3. The first-order valence-corrected chi connectivity index (χ1v) is 10.7. The van der Waals surface area contributed by atoms with Gasteiger partial charge in [0, 0.05) is 19.2 Å². The van der Waals surface area contributed by atoms with Crippen molar-refractivity contribution >= 4 is 34.0 Å². The summed E-state index contributed by atoms with van der Waals surface area (Å²) in [6.07, 6.45) is 0. The molecule has 0 aliphatic carbocycles. The number of carbonyl (C=O) groups excluding carboxylic acids is 1. The van der Waals surface area contributed by atoms with Crippen molar-refractivity contribution in [2.24, 2.45) is 0 Å². The number of thioether (sulfide) groups is 1. The van der Waals surface area contributed by atoms with Crippen LogP contribution in [0.15, 0.2) is 52.9 Å². The van der Waals surface area contributed by atoms with Crippen molar-refractivity contribution < 1.29 is 9.53 Å². The van der Waals surface area contributed by atoms with Gasteiger partial charge >= 0.3 is 0 Å². The lowest BCUT2D eigenvalue weighted by Gasteiger charge is -2.15. The lowest BCUT2D eigenvalue weighted by atomic mass is 10.0. The molecule has 0 aliphatic heterocycles. The predicted octanol–water partition coefficient (Wildman–Crippen LogP) is 4.93. The van der Waals surface area contributed by atoms with E-state index in [2.05, 4.69) is 15.5 Å². The number of nitrogens with one attached hydrogen (secondary N) is 1. The summed E-state index contributed by atoms with van der Waals surface area (Å²) in [5.74, 6) is 0.0675. The molecule has 0 bridgehead atoms. The molecule has 0 amide bonds. The van der Waals surface area contributed by atoms with Crippen molar-refractivity contribution in [3.8, 4) is 0 Å². The highest BCUT2D eigenvalue weighted by Crippen LogP contribution is 2.40. The van der Waals surface area contributed by atoms with Gasteiger partial charge in [-0.3, -0.25) is 4.79 Å². The molecule has 1 aromatic heterocycles. The minimum atomic E-state index is -0.372. The molecule has 3 rings (SSSR count). The number of carbonyl (C=O) groups is 1. The maximum atomic E-state index is 13.3. The van der Waals surface area contributed by atoms with Gasteiger partial charge in [-0.25, -0.2) is 0 Å². The first-order valence-electron chi connectivity index (χ1n) is 8.97. The SMILES string of the molecule is COCCNc1nnc(SC(C(=O)c2ccc(C)cc2)c2ccc(C)cc2)s1. The van der Waals surface area contributed by atoms with Crippen LogP contribution in [-0.2, 0) is 4.74 Å². The van der Waals surface area contributed by atoms with Crippen LogP contribution in [0, 0.1) is 13.8 Å². The van der Waals surface area contributed by atoms with E-state index in [1.54, 1.807) is 7.11 Å². The van der Waals surface area contributed by atoms with E-state index in [-0.39, 0.29) is 11.0 Å². The highest BCUT2D eigenvalue weighted by Gasteiger charge is 2.25. The number of ether oxygens (including phenoxy) is 1. The van der Waals surface area contributed by atoms with E-state index < -0.39 is 0 Å². The zero-order valence-electron chi connectivity index (χ0n) is 16.1. The van der Waals surface area contributed by atoms with Gasteiger partial charge in [0.1, 0.15) is 0 Å². The van der Waals surface area contributed by atoms with Gasteiger partial charge in [-0.05, 0) is 19.4 Å². The van der Waals surface area contributed by atoms with Crippen molar-refractivity contribution in [2.45, 2.75) is 23.4 Å². The number of aromatic nitrogens is 2. The van der Waals surface area contributed by atoms with E-state index in [9.17, 15) is 4.79 Å². The number of anilines is 1. The van der Waals surface area contributed by atoms with Gasteiger partial charge in [-0.15, -0.1) is 10.2 Å². The Hall–Kier alpha value is -2.22. The smallest absolute Gasteiger partial charge is 0.206 e. The number of ketones is 1. The molecule has 28 heavy (non-hydrogen) atoms. The van der Waals surface area contributed by atoms with Crippen LogP contribution in [0.1, 0.15) is 32.3 Å². The Bertz CT molecular complexity index is 908. The molecule has 1 atom stereocenters. The van der Waals surface area contributed by atoms with Gasteiger partial charge < -0.3 is 10.1 Å². The number of Topliss-reactive ketones (excluding diaryl/α,β-unsaturated/α-hetero) is 1. The van der Waals surface area contributed by atoms with E-state index >= 15 is 0 Å². The minimum absolute atomic E-state index is 0.0675. The van der Waals surface area contributed by atoms with E-state index in [0.29, 0.717) is 18.7 Å². The van der Waals surface area contributed by atoms with Crippen LogP contribution in [0.2, 0.25) is 0 Å². The highest BCUT2D eigenvalue weighted by atomic mass is 32.2. The maximum Gasteiger partial charge on any atom is 0.206 e. The predicted molar refractivity (Wildman–Crippen MR) is 116 cm³/mol. The van der Waals surface area contributed by atoms with Crippen LogP contribution in [0.5, 0.6) is 0 Å². The summed E-state index contributed by atoms with van der Waals surface area (Å²) < 4.78 is 5.79. The Morgan fingerprint density at radius 3 is 2.36 bits per heavy atom. The molecular formula is C21H23N3O2S2. The lowest BCUT2D eigenvalue weighted by Crippen LogP contribution is -2.10. The van der Waals surface area contributed by atoms with E-state index in [1.165, 1.54) is 23.1 Å².